The molecule has 0 aliphatic carbocycles. The molecule has 0 bridgehead atoms. The Morgan fingerprint density at radius 1 is 1.39 bits per heavy atom. The molecule has 18 heavy (non-hydrogen) atoms. The number of nitro groups is 1. The van der Waals surface area contributed by atoms with E-state index in [0.717, 1.165) is 15.3 Å². The highest BCUT2D eigenvalue weighted by Gasteiger charge is 2.19. The molecule has 1 N–H and O–H groups in total. The van der Waals surface area contributed by atoms with Gasteiger partial charge in [-0.15, -0.1) is 0 Å². The lowest BCUT2D eigenvalue weighted by Gasteiger charge is -2.08. The third-order valence-electron chi connectivity index (χ3n) is 2.42. The minimum Gasteiger partial charge on any atom is -0.396 e. The molecule has 0 fully saturated rings. The summed E-state index contributed by atoms with van der Waals surface area (Å²) in [5, 5.41) is 19.4. The van der Waals surface area contributed by atoms with Crippen LogP contribution in [0.25, 0.3) is 0 Å². The molecule has 8 heteroatoms. The second kappa shape index (κ2) is 6.10. The number of aromatic nitrogens is 2. The lowest BCUT2D eigenvalue weighted by atomic mass is 10.4. The van der Waals surface area contributed by atoms with Gasteiger partial charge in [0.2, 0.25) is 0 Å². The van der Waals surface area contributed by atoms with Crippen molar-refractivity contribution in [1.29, 1.82) is 0 Å². The maximum Gasteiger partial charge on any atom is 0.350 e. The average molecular weight is 257 g/mol. The molecule has 1 heterocycles. The van der Waals surface area contributed by atoms with Crippen molar-refractivity contribution in [2.45, 2.75) is 32.9 Å². The summed E-state index contributed by atoms with van der Waals surface area (Å²) in [4.78, 5) is 33.5. The second-order valence-corrected chi connectivity index (χ2v) is 3.78. The monoisotopic (exact) mass is 257 g/mol. The van der Waals surface area contributed by atoms with Gasteiger partial charge in [0.05, 0.1) is 11.1 Å². The predicted octanol–water partition coefficient (Wildman–Crippen LogP) is -0.289. The summed E-state index contributed by atoms with van der Waals surface area (Å²) in [6.45, 7) is 1.91. The molecule has 0 saturated heterocycles. The number of hydrogen-bond acceptors (Lipinski definition) is 5. The van der Waals surface area contributed by atoms with Crippen LogP contribution in [0.3, 0.4) is 0 Å². The first kappa shape index (κ1) is 14.1. The Morgan fingerprint density at radius 2 is 2.06 bits per heavy atom. The topological polar surface area (TPSA) is 107 Å². The zero-order chi connectivity index (χ0) is 13.7. The standard InChI is InChI=1S/C10H15N3O5/c1-2-4-11-7-8(13(17)18)9(15)12(10(11)16)5-3-6-14/h7,14H,2-6H2,1H3. The van der Waals surface area contributed by atoms with Crippen molar-refractivity contribution in [3.8, 4) is 0 Å². The van der Waals surface area contributed by atoms with Crippen molar-refractivity contribution >= 4 is 5.69 Å². The second-order valence-electron chi connectivity index (χ2n) is 3.78. The molecule has 1 aromatic rings. The lowest BCUT2D eigenvalue weighted by molar-refractivity contribution is -0.387. The molecular weight excluding hydrogens is 242 g/mol. The number of aryl methyl sites for hydroxylation is 1. The van der Waals surface area contributed by atoms with Crippen LogP contribution < -0.4 is 11.2 Å². The first-order valence-electron chi connectivity index (χ1n) is 5.62. The van der Waals surface area contributed by atoms with E-state index in [-0.39, 0.29) is 19.6 Å². The van der Waals surface area contributed by atoms with E-state index in [2.05, 4.69) is 0 Å². The quantitative estimate of drug-likeness (QED) is 0.556. The summed E-state index contributed by atoms with van der Waals surface area (Å²) in [6.07, 6.45) is 1.79. The summed E-state index contributed by atoms with van der Waals surface area (Å²) in [5.74, 6) is 0. The molecule has 0 spiro atoms. The van der Waals surface area contributed by atoms with Crippen molar-refractivity contribution in [3.63, 3.8) is 0 Å². The van der Waals surface area contributed by atoms with Crippen LogP contribution in [-0.4, -0.2) is 25.8 Å². The smallest absolute Gasteiger partial charge is 0.350 e. The summed E-state index contributed by atoms with van der Waals surface area (Å²) >= 11 is 0. The zero-order valence-corrected chi connectivity index (χ0v) is 10.0. The van der Waals surface area contributed by atoms with E-state index in [1.54, 1.807) is 0 Å². The molecular formula is C10H15N3O5. The molecule has 0 aliphatic heterocycles. The first-order valence-corrected chi connectivity index (χ1v) is 5.62. The normalized spacial score (nSPS) is 10.6. The Hall–Kier alpha value is -1.96. The van der Waals surface area contributed by atoms with Gasteiger partial charge in [-0.3, -0.25) is 24.0 Å². The van der Waals surface area contributed by atoms with Crippen LogP contribution in [0.15, 0.2) is 15.8 Å². The molecule has 0 atom stereocenters. The van der Waals surface area contributed by atoms with Crippen molar-refractivity contribution in [1.82, 2.24) is 9.13 Å². The van der Waals surface area contributed by atoms with Gasteiger partial charge in [-0.25, -0.2) is 4.79 Å². The fraction of sp³-hybridized carbons (Fsp3) is 0.600. The highest BCUT2D eigenvalue weighted by atomic mass is 16.6. The molecule has 0 saturated carbocycles. The van der Waals surface area contributed by atoms with Gasteiger partial charge in [0, 0.05) is 19.7 Å². The maximum absolute atomic E-state index is 11.9. The van der Waals surface area contributed by atoms with Gasteiger partial charge in [0.1, 0.15) is 0 Å². The van der Waals surface area contributed by atoms with Gasteiger partial charge >= 0.3 is 16.9 Å². The molecule has 0 unspecified atom stereocenters. The average Bonchev–Trinajstić information content (AvgIpc) is 2.32. The van der Waals surface area contributed by atoms with Gasteiger partial charge in [0.15, 0.2) is 0 Å². The lowest BCUT2D eigenvalue weighted by Crippen LogP contribution is -2.40. The van der Waals surface area contributed by atoms with Gasteiger partial charge in [-0.2, -0.15) is 0 Å². The number of aliphatic hydroxyl groups excluding tert-OH is 1. The molecule has 0 radical (unpaired) electrons. The van der Waals surface area contributed by atoms with Crippen LogP contribution >= 0.6 is 0 Å². The highest BCUT2D eigenvalue weighted by molar-refractivity contribution is 5.21. The van der Waals surface area contributed by atoms with Gasteiger partial charge < -0.3 is 5.11 Å². The summed E-state index contributed by atoms with van der Waals surface area (Å²) in [5.41, 5.74) is -2.13. The van der Waals surface area contributed by atoms with Crippen molar-refractivity contribution in [3.05, 3.63) is 37.1 Å². The van der Waals surface area contributed by atoms with Gasteiger partial charge in [-0.1, -0.05) is 6.92 Å². The first-order chi connectivity index (χ1) is 8.52. The summed E-state index contributed by atoms with van der Waals surface area (Å²) in [6, 6.07) is 0. The fourth-order valence-electron chi connectivity index (χ4n) is 1.59. The third kappa shape index (κ3) is 2.83. The molecule has 0 aromatic carbocycles. The largest absolute Gasteiger partial charge is 0.396 e. The molecule has 8 nitrogen and oxygen atoms in total. The van der Waals surface area contributed by atoms with Crippen molar-refractivity contribution < 1.29 is 10.0 Å². The molecule has 1 rings (SSSR count). The Kier molecular flexibility index (Phi) is 4.78. The zero-order valence-electron chi connectivity index (χ0n) is 10.0. The Morgan fingerprint density at radius 3 is 2.56 bits per heavy atom. The van der Waals surface area contributed by atoms with Crippen LogP contribution in [0, 0.1) is 10.1 Å². The molecule has 0 amide bonds. The van der Waals surface area contributed by atoms with Crippen LogP contribution in [0.4, 0.5) is 5.69 Å². The minimum atomic E-state index is -0.925. The summed E-state index contributed by atoms with van der Waals surface area (Å²) < 4.78 is 1.95. The summed E-state index contributed by atoms with van der Waals surface area (Å²) in [7, 11) is 0. The van der Waals surface area contributed by atoms with Crippen molar-refractivity contribution in [2.24, 2.45) is 0 Å². The SMILES string of the molecule is CCCn1cc([N+](=O)[O-])c(=O)n(CCCO)c1=O. The highest BCUT2D eigenvalue weighted by Crippen LogP contribution is 2.01. The van der Waals surface area contributed by atoms with Gasteiger partial charge in [-0.05, 0) is 12.8 Å². The van der Waals surface area contributed by atoms with E-state index >= 15 is 0 Å². The van der Waals surface area contributed by atoms with E-state index in [0.29, 0.717) is 13.0 Å². The van der Waals surface area contributed by atoms with Crippen LogP contribution in [-0.2, 0) is 13.1 Å². The Bertz CT molecular complexity index is 545. The van der Waals surface area contributed by atoms with E-state index in [1.165, 1.54) is 0 Å². The molecule has 0 aliphatic rings. The molecule has 100 valence electrons. The maximum atomic E-state index is 11.9. The molecule has 1 aromatic heterocycles. The Balaban J connectivity index is 3.41. The van der Waals surface area contributed by atoms with Crippen molar-refractivity contribution in [2.75, 3.05) is 6.61 Å². The minimum absolute atomic E-state index is 0.0282. The van der Waals surface area contributed by atoms with E-state index in [4.69, 9.17) is 5.11 Å². The Labute approximate surface area is 102 Å². The number of hydrogen-bond donors (Lipinski definition) is 1. The number of nitrogens with zero attached hydrogens (tertiary/aromatic N) is 3. The van der Waals surface area contributed by atoms with Crippen LogP contribution in [0.5, 0.6) is 0 Å². The number of aliphatic hydroxyl groups is 1. The number of rotatable bonds is 6. The van der Waals surface area contributed by atoms with E-state index in [1.807, 2.05) is 6.92 Å². The van der Waals surface area contributed by atoms with Crippen LogP contribution in [0.2, 0.25) is 0 Å². The third-order valence-corrected chi connectivity index (χ3v) is 2.42. The predicted molar refractivity (Wildman–Crippen MR) is 63.6 cm³/mol. The van der Waals surface area contributed by atoms with E-state index in [9.17, 15) is 19.7 Å². The van der Waals surface area contributed by atoms with Gasteiger partial charge in [0.25, 0.3) is 0 Å². The van der Waals surface area contributed by atoms with Crippen LogP contribution in [0.1, 0.15) is 19.8 Å². The van der Waals surface area contributed by atoms with E-state index < -0.39 is 21.9 Å². The fourth-order valence-corrected chi connectivity index (χ4v) is 1.59.